The maximum absolute atomic E-state index is 11.0. The van der Waals surface area contributed by atoms with Gasteiger partial charge in [0.15, 0.2) is 0 Å². The molecule has 0 aliphatic carbocycles. The first-order valence-corrected chi connectivity index (χ1v) is 8.14. The summed E-state index contributed by atoms with van der Waals surface area (Å²) in [6.45, 7) is 4.55. The lowest BCUT2D eigenvalue weighted by Gasteiger charge is -2.01. The fourth-order valence-electron chi connectivity index (χ4n) is 2.12. The van der Waals surface area contributed by atoms with Gasteiger partial charge in [-0.05, 0) is 19.8 Å². The van der Waals surface area contributed by atoms with Crippen LogP contribution in [-0.2, 0) is 9.53 Å². The van der Waals surface area contributed by atoms with E-state index in [2.05, 4.69) is 6.92 Å². The van der Waals surface area contributed by atoms with Crippen molar-refractivity contribution in [1.82, 2.24) is 0 Å². The van der Waals surface area contributed by atoms with Gasteiger partial charge < -0.3 is 4.74 Å². The molecular weight excluding hydrogens is 236 g/mol. The molecule has 0 fully saturated rings. The molecule has 0 radical (unpaired) electrons. The van der Waals surface area contributed by atoms with Crippen LogP contribution >= 0.6 is 0 Å². The molecular formula is C17H32O2. The second kappa shape index (κ2) is 15.3. The SMILES string of the molecule is CCCCCCCCCCCC/C=C/C(=O)OCC. The molecule has 0 spiro atoms. The Kier molecular flexibility index (Phi) is 14.6. The monoisotopic (exact) mass is 268 g/mol. The zero-order chi connectivity index (χ0) is 14.2. The average Bonchev–Trinajstić information content (AvgIpc) is 2.40. The summed E-state index contributed by atoms with van der Waals surface area (Å²) in [4.78, 5) is 11.0. The molecule has 0 N–H and O–H groups in total. The van der Waals surface area contributed by atoms with Crippen molar-refractivity contribution in [2.45, 2.75) is 84.5 Å². The summed E-state index contributed by atoms with van der Waals surface area (Å²) in [5.41, 5.74) is 0. The molecule has 0 heterocycles. The van der Waals surface area contributed by atoms with Gasteiger partial charge in [0.1, 0.15) is 0 Å². The molecule has 0 saturated carbocycles. The number of unbranched alkanes of at least 4 members (excludes halogenated alkanes) is 10. The molecule has 0 amide bonds. The molecule has 0 aromatic rings. The fourth-order valence-corrected chi connectivity index (χ4v) is 2.12. The molecule has 0 aliphatic heterocycles. The summed E-state index contributed by atoms with van der Waals surface area (Å²) in [5, 5.41) is 0. The van der Waals surface area contributed by atoms with E-state index in [1.165, 1.54) is 64.2 Å². The van der Waals surface area contributed by atoms with E-state index >= 15 is 0 Å². The number of carbonyl (C=O) groups is 1. The van der Waals surface area contributed by atoms with Gasteiger partial charge in [-0.25, -0.2) is 4.79 Å². The minimum Gasteiger partial charge on any atom is -0.463 e. The molecule has 2 nitrogen and oxygen atoms in total. The Morgan fingerprint density at radius 1 is 0.842 bits per heavy atom. The predicted molar refractivity (Wildman–Crippen MR) is 82.2 cm³/mol. The van der Waals surface area contributed by atoms with E-state index in [1.54, 1.807) is 6.08 Å². The number of hydrogen-bond donors (Lipinski definition) is 0. The minimum atomic E-state index is -0.213. The molecule has 0 bridgehead atoms. The highest BCUT2D eigenvalue weighted by atomic mass is 16.5. The number of carbonyl (C=O) groups excluding carboxylic acids is 1. The van der Waals surface area contributed by atoms with Crippen molar-refractivity contribution in [2.24, 2.45) is 0 Å². The molecule has 0 atom stereocenters. The van der Waals surface area contributed by atoms with Crippen LogP contribution in [0.2, 0.25) is 0 Å². The maximum atomic E-state index is 11.0. The van der Waals surface area contributed by atoms with Crippen LogP contribution in [0.3, 0.4) is 0 Å². The summed E-state index contributed by atoms with van der Waals surface area (Å²) in [7, 11) is 0. The normalized spacial score (nSPS) is 11.1. The van der Waals surface area contributed by atoms with Crippen molar-refractivity contribution >= 4 is 5.97 Å². The zero-order valence-electron chi connectivity index (χ0n) is 13.0. The number of esters is 1. The van der Waals surface area contributed by atoms with Gasteiger partial charge in [-0.1, -0.05) is 70.8 Å². The third-order valence-corrected chi connectivity index (χ3v) is 3.26. The molecule has 2 heteroatoms. The molecule has 0 saturated heterocycles. The molecule has 0 unspecified atom stereocenters. The van der Waals surface area contributed by atoms with E-state index in [9.17, 15) is 4.79 Å². The first-order valence-electron chi connectivity index (χ1n) is 8.14. The van der Waals surface area contributed by atoms with E-state index in [-0.39, 0.29) is 5.97 Å². The van der Waals surface area contributed by atoms with Crippen molar-refractivity contribution in [3.8, 4) is 0 Å². The Balaban J connectivity index is 3.12. The van der Waals surface area contributed by atoms with Crippen molar-refractivity contribution in [2.75, 3.05) is 6.61 Å². The average molecular weight is 268 g/mol. The number of allylic oxidation sites excluding steroid dienone is 1. The summed E-state index contributed by atoms with van der Waals surface area (Å²) in [6, 6.07) is 0. The lowest BCUT2D eigenvalue weighted by Crippen LogP contribution is -1.98. The van der Waals surface area contributed by atoms with Gasteiger partial charge in [0.2, 0.25) is 0 Å². The lowest BCUT2D eigenvalue weighted by atomic mass is 10.1. The third kappa shape index (κ3) is 15.2. The second-order valence-corrected chi connectivity index (χ2v) is 5.13. The van der Waals surface area contributed by atoms with Gasteiger partial charge in [0, 0.05) is 6.08 Å². The number of hydrogen-bond acceptors (Lipinski definition) is 2. The van der Waals surface area contributed by atoms with Crippen LogP contribution < -0.4 is 0 Å². The Hall–Kier alpha value is -0.790. The summed E-state index contributed by atoms with van der Waals surface area (Å²) in [5.74, 6) is -0.213. The van der Waals surface area contributed by atoms with Crippen LogP contribution in [0.5, 0.6) is 0 Å². The van der Waals surface area contributed by atoms with E-state index < -0.39 is 0 Å². The Labute approximate surface area is 119 Å². The Morgan fingerprint density at radius 3 is 1.89 bits per heavy atom. The van der Waals surface area contributed by atoms with Gasteiger partial charge >= 0.3 is 5.97 Å². The summed E-state index contributed by atoms with van der Waals surface area (Å²) in [6.07, 6.45) is 18.0. The van der Waals surface area contributed by atoms with Gasteiger partial charge in [-0.15, -0.1) is 0 Å². The minimum absolute atomic E-state index is 0.213. The smallest absolute Gasteiger partial charge is 0.330 e. The van der Waals surface area contributed by atoms with E-state index in [0.717, 1.165) is 6.42 Å². The first kappa shape index (κ1) is 18.2. The van der Waals surface area contributed by atoms with Gasteiger partial charge in [0.05, 0.1) is 6.61 Å². The van der Waals surface area contributed by atoms with Gasteiger partial charge in [-0.2, -0.15) is 0 Å². The van der Waals surface area contributed by atoms with Gasteiger partial charge in [-0.3, -0.25) is 0 Å². The van der Waals surface area contributed by atoms with Crippen LogP contribution in [0.25, 0.3) is 0 Å². The largest absolute Gasteiger partial charge is 0.463 e. The quantitative estimate of drug-likeness (QED) is 0.253. The van der Waals surface area contributed by atoms with E-state index in [4.69, 9.17) is 4.74 Å². The topological polar surface area (TPSA) is 26.3 Å². The van der Waals surface area contributed by atoms with Crippen LogP contribution in [0.15, 0.2) is 12.2 Å². The summed E-state index contributed by atoms with van der Waals surface area (Å²) >= 11 is 0. The molecule has 0 aromatic heterocycles. The zero-order valence-corrected chi connectivity index (χ0v) is 13.0. The summed E-state index contributed by atoms with van der Waals surface area (Å²) < 4.78 is 4.82. The van der Waals surface area contributed by atoms with Crippen molar-refractivity contribution in [3.63, 3.8) is 0 Å². The van der Waals surface area contributed by atoms with Crippen LogP contribution in [0, 0.1) is 0 Å². The fraction of sp³-hybridized carbons (Fsp3) is 0.824. The second-order valence-electron chi connectivity index (χ2n) is 5.13. The van der Waals surface area contributed by atoms with Crippen molar-refractivity contribution < 1.29 is 9.53 Å². The molecule has 0 aliphatic rings. The predicted octanol–water partition coefficient (Wildman–Crippen LogP) is 5.42. The van der Waals surface area contributed by atoms with Crippen LogP contribution in [-0.4, -0.2) is 12.6 Å². The standard InChI is InChI=1S/C17H32O2/c1-3-5-6-7-8-9-10-11-12-13-14-15-16-17(18)19-4-2/h15-16H,3-14H2,1-2H3/b16-15+. The molecule has 0 rings (SSSR count). The lowest BCUT2D eigenvalue weighted by molar-refractivity contribution is -0.137. The van der Waals surface area contributed by atoms with E-state index in [1.807, 2.05) is 13.0 Å². The van der Waals surface area contributed by atoms with Crippen molar-refractivity contribution in [1.29, 1.82) is 0 Å². The third-order valence-electron chi connectivity index (χ3n) is 3.26. The molecule has 0 aromatic carbocycles. The Morgan fingerprint density at radius 2 is 1.37 bits per heavy atom. The first-order chi connectivity index (χ1) is 9.31. The van der Waals surface area contributed by atoms with E-state index in [0.29, 0.717) is 6.61 Å². The van der Waals surface area contributed by atoms with Crippen molar-refractivity contribution in [3.05, 3.63) is 12.2 Å². The van der Waals surface area contributed by atoms with Crippen LogP contribution in [0.4, 0.5) is 0 Å². The highest BCUT2D eigenvalue weighted by molar-refractivity contribution is 5.81. The highest BCUT2D eigenvalue weighted by Crippen LogP contribution is 2.11. The maximum Gasteiger partial charge on any atom is 0.330 e. The number of ether oxygens (including phenoxy) is 1. The highest BCUT2D eigenvalue weighted by Gasteiger charge is 1.93. The van der Waals surface area contributed by atoms with Gasteiger partial charge in [0.25, 0.3) is 0 Å². The Bertz CT molecular complexity index is 221. The molecule has 19 heavy (non-hydrogen) atoms. The molecule has 112 valence electrons. The van der Waals surface area contributed by atoms with Crippen LogP contribution in [0.1, 0.15) is 84.5 Å². The number of rotatable bonds is 13.